The van der Waals surface area contributed by atoms with Crippen LogP contribution in [0.4, 0.5) is 5.69 Å². The smallest absolute Gasteiger partial charge is 0.279 e. The molecular weight excluding hydrogens is 368 g/mol. The third-order valence-corrected chi connectivity index (χ3v) is 4.27. The summed E-state index contributed by atoms with van der Waals surface area (Å²) in [5.41, 5.74) is 3.10. The van der Waals surface area contributed by atoms with E-state index in [4.69, 9.17) is 4.74 Å². The minimum Gasteiger partial charge on any atom is -0.488 e. The molecule has 0 heterocycles. The SMILES string of the molecule is Cc1ccc(C)c(NC(=O)C[NH+](C)CCOc2ccc(Br)cc2)c1. The number of halogens is 1. The first-order valence-corrected chi connectivity index (χ1v) is 8.80. The third kappa shape index (κ3) is 5.98. The molecule has 4 nitrogen and oxygen atoms in total. The molecule has 2 aromatic rings. The van der Waals surface area contributed by atoms with Gasteiger partial charge in [-0.3, -0.25) is 4.79 Å². The Hall–Kier alpha value is -1.85. The number of anilines is 1. The Labute approximate surface area is 151 Å². The summed E-state index contributed by atoms with van der Waals surface area (Å²) in [5, 5.41) is 2.99. The zero-order valence-electron chi connectivity index (χ0n) is 14.4. The monoisotopic (exact) mass is 391 g/mol. The summed E-state index contributed by atoms with van der Waals surface area (Å²) in [6, 6.07) is 13.8. The predicted molar refractivity (Wildman–Crippen MR) is 101 cm³/mol. The highest BCUT2D eigenvalue weighted by atomic mass is 79.9. The van der Waals surface area contributed by atoms with Gasteiger partial charge < -0.3 is 15.0 Å². The van der Waals surface area contributed by atoms with E-state index in [9.17, 15) is 4.79 Å². The van der Waals surface area contributed by atoms with Gasteiger partial charge in [0.05, 0.1) is 7.05 Å². The lowest BCUT2D eigenvalue weighted by molar-refractivity contribution is -0.871. The highest BCUT2D eigenvalue weighted by Crippen LogP contribution is 2.16. The summed E-state index contributed by atoms with van der Waals surface area (Å²) in [7, 11) is 1.99. The molecule has 0 radical (unpaired) electrons. The van der Waals surface area contributed by atoms with Crippen molar-refractivity contribution in [2.24, 2.45) is 0 Å². The van der Waals surface area contributed by atoms with Crippen LogP contribution < -0.4 is 15.0 Å². The molecule has 0 aliphatic rings. The Morgan fingerprint density at radius 1 is 1.17 bits per heavy atom. The van der Waals surface area contributed by atoms with Crippen molar-refractivity contribution in [2.45, 2.75) is 13.8 Å². The molecule has 0 fully saturated rings. The molecule has 1 atom stereocenters. The quantitative estimate of drug-likeness (QED) is 0.761. The average molecular weight is 392 g/mol. The van der Waals surface area contributed by atoms with Gasteiger partial charge >= 0.3 is 0 Å². The zero-order valence-corrected chi connectivity index (χ0v) is 15.9. The number of carbonyl (C=O) groups is 1. The second-order valence-electron chi connectivity index (χ2n) is 6.05. The number of hydrogen-bond donors (Lipinski definition) is 2. The number of nitrogens with one attached hydrogen (secondary N) is 2. The van der Waals surface area contributed by atoms with Crippen molar-refractivity contribution in [1.82, 2.24) is 0 Å². The summed E-state index contributed by atoms with van der Waals surface area (Å²) in [6.07, 6.45) is 0. The number of hydrogen-bond acceptors (Lipinski definition) is 2. The molecule has 1 amide bonds. The number of rotatable bonds is 7. The van der Waals surface area contributed by atoms with Crippen LogP contribution in [0.25, 0.3) is 0 Å². The van der Waals surface area contributed by atoms with Crippen molar-refractivity contribution in [3.05, 3.63) is 58.1 Å². The van der Waals surface area contributed by atoms with Crippen molar-refractivity contribution in [1.29, 1.82) is 0 Å². The van der Waals surface area contributed by atoms with Gasteiger partial charge in [-0.05, 0) is 55.3 Å². The predicted octanol–water partition coefficient (Wildman–Crippen LogP) is 2.60. The van der Waals surface area contributed by atoms with Gasteiger partial charge in [-0.15, -0.1) is 0 Å². The summed E-state index contributed by atoms with van der Waals surface area (Å²) in [4.78, 5) is 13.3. The minimum atomic E-state index is 0.0184. The van der Waals surface area contributed by atoms with Crippen LogP contribution in [0.3, 0.4) is 0 Å². The Bertz CT molecular complexity index is 686. The van der Waals surface area contributed by atoms with E-state index >= 15 is 0 Å². The van der Waals surface area contributed by atoms with Crippen LogP contribution in [-0.4, -0.2) is 32.7 Å². The summed E-state index contributed by atoms with van der Waals surface area (Å²) >= 11 is 3.40. The van der Waals surface area contributed by atoms with Crippen LogP contribution >= 0.6 is 15.9 Å². The third-order valence-electron chi connectivity index (χ3n) is 3.74. The molecule has 2 rings (SSSR count). The highest BCUT2D eigenvalue weighted by Gasteiger charge is 2.11. The van der Waals surface area contributed by atoms with Crippen molar-refractivity contribution in [3.63, 3.8) is 0 Å². The van der Waals surface area contributed by atoms with E-state index in [0.29, 0.717) is 13.2 Å². The molecule has 2 aromatic carbocycles. The number of quaternary nitrogens is 1. The molecule has 24 heavy (non-hydrogen) atoms. The number of likely N-dealkylation sites (N-methyl/N-ethyl adjacent to an activating group) is 1. The number of carbonyl (C=O) groups excluding carboxylic acids is 1. The Morgan fingerprint density at radius 2 is 1.88 bits per heavy atom. The Balaban J connectivity index is 1.75. The lowest BCUT2D eigenvalue weighted by Crippen LogP contribution is -3.10. The maximum absolute atomic E-state index is 12.2. The first-order valence-electron chi connectivity index (χ1n) is 8.01. The fourth-order valence-electron chi connectivity index (χ4n) is 2.30. The number of amides is 1. The van der Waals surface area contributed by atoms with Crippen LogP contribution in [0.15, 0.2) is 46.9 Å². The first-order chi connectivity index (χ1) is 11.4. The second kappa shape index (κ2) is 8.85. The highest BCUT2D eigenvalue weighted by molar-refractivity contribution is 9.10. The van der Waals surface area contributed by atoms with Gasteiger partial charge in [0.2, 0.25) is 0 Å². The minimum absolute atomic E-state index is 0.0184. The lowest BCUT2D eigenvalue weighted by Gasteiger charge is -2.15. The summed E-state index contributed by atoms with van der Waals surface area (Å²) < 4.78 is 6.72. The van der Waals surface area contributed by atoms with Gasteiger partial charge in [0, 0.05) is 10.2 Å². The van der Waals surface area contributed by atoms with Crippen LogP contribution in [0.5, 0.6) is 5.75 Å². The Morgan fingerprint density at radius 3 is 2.58 bits per heavy atom. The average Bonchev–Trinajstić information content (AvgIpc) is 2.53. The molecule has 2 N–H and O–H groups in total. The molecule has 128 valence electrons. The standard InChI is InChI=1S/C19H23BrN2O2/c1-14-4-5-15(2)18(12-14)21-19(23)13-22(3)10-11-24-17-8-6-16(20)7-9-17/h4-9,12H,10-11,13H2,1-3H3,(H,21,23)/p+1. The fraction of sp³-hybridized carbons (Fsp3) is 0.316. The van der Waals surface area contributed by atoms with E-state index in [2.05, 4.69) is 21.2 Å². The Kier molecular flexibility index (Phi) is 6.82. The van der Waals surface area contributed by atoms with E-state index in [-0.39, 0.29) is 5.91 Å². The van der Waals surface area contributed by atoms with Crippen LogP contribution in [-0.2, 0) is 4.79 Å². The van der Waals surface area contributed by atoms with Gasteiger partial charge in [0.15, 0.2) is 6.54 Å². The maximum atomic E-state index is 12.2. The molecular formula is C19H24BrN2O2+. The normalized spacial score (nSPS) is 11.8. The number of aryl methyl sites for hydroxylation is 2. The van der Waals surface area contributed by atoms with Crippen molar-refractivity contribution in [3.8, 4) is 5.75 Å². The van der Waals surface area contributed by atoms with Gasteiger partial charge in [-0.25, -0.2) is 0 Å². The first kappa shape index (κ1) is 18.5. The van der Waals surface area contributed by atoms with Gasteiger partial charge in [-0.1, -0.05) is 28.1 Å². The molecule has 0 aliphatic heterocycles. The van der Waals surface area contributed by atoms with Gasteiger partial charge in [0.25, 0.3) is 5.91 Å². The topological polar surface area (TPSA) is 42.8 Å². The van der Waals surface area contributed by atoms with Crippen LogP contribution in [0, 0.1) is 13.8 Å². The summed E-state index contributed by atoms with van der Waals surface area (Å²) in [6.45, 7) is 5.77. The van der Waals surface area contributed by atoms with E-state index in [1.165, 1.54) is 0 Å². The van der Waals surface area contributed by atoms with Crippen LogP contribution in [0.2, 0.25) is 0 Å². The summed E-state index contributed by atoms with van der Waals surface area (Å²) in [5.74, 6) is 0.857. The molecule has 0 aromatic heterocycles. The van der Waals surface area contributed by atoms with Gasteiger partial charge in [0.1, 0.15) is 18.9 Å². The number of benzene rings is 2. The van der Waals surface area contributed by atoms with E-state index < -0.39 is 0 Å². The number of ether oxygens (including phenoxy) is 1. The van der Waals surface area contributed by atoms with E-state index in [1.807, 2.05) is 63.4 Å². The van der Waals surface area contributed by atoms with E-state index in [0.717, 1.165) is 38.5 Å². The molecule has 0 spiro atoms. The van der Waals surface area contributed by atoms with Crippen molar-refractivity contribution < 1.29 is 14.4 Å². The van der Waals surface area contributed by atoms with Gasteiger partial charge in [-0.2, -0.15) is 0 Å². The second-order valence-corrected chi connectivity index (χ2v) is 6.97. The largest absolute Gasteiger partial charge is 0.488 e. The molecule has 1 unspecified atom stereocenters. The molecule has 0 bridgehead atoms. The van der Waals surface area contributed by atoms with Crippen molar-refractivity contribution >= 4 is 27.5 Å². The van der Waals surface area contributed by atoms with E-state index in [1.54, 1.807) is 0 Å². The molecule has 0 aliphatic carbocycles. The maximum Gasteiger partial charge on any atom is 0.279 e. The molecule has 5 heteroatoms. The fourth-order valence-corrected chi connectivity index (χ4v) is 2.57. The lowest BCUT2D eigenvalue weighted by atomic mass is 10.1. The molecule has 0 saturated heterocycles. The zero-order chi connectivity index (χ0) is 17.5. The van der Waals surface area contributed by atoms with Crippen LogP contribution in [0.1, 0.15) is 11.1 Å². The van der Waals surface area contributed by atoms with Crippen molar-refractivity contribution in [2.75, 3.05) is 32.1 Å². The molecule has 0 saturated carbocycles.